The second-order valence-electron chi connectivity index (χ2n) is 11.9. The number of carbonyl (C=O) groups excluding carboxylic acids is 3. The zero-order chi connectivity index (χ0) is 33.2. The number of carbonyl (C=O) groups is 2. The highest BCUT2D eigenvalue weighted by Gasteiger charge is 2.19. The van der Waals surface area contributed by atoms with Gasteiger partial charge in [0.2, 0.25) is 0 Å². The minimum absolute atomic E-state index is 0.196. The van der Waals surface area contributed by atoms with E-state index < -0.39 is 0 Å². The molecule has 0 radical (unpaired) electrons. The standard InChI is InChI=1S/C39H42N4O4/c1-28-11-14-30(15-12-28)34-9-4-5-10-35(34)38(45)41-32-18-16-31(17-19-32)39(46)42(3)36-20-13-29(2)26-37(36)47-25-7-6-8-33(27-44)43-23-21-40-22-24-43/h4-5,9-20,26,40H,6-8,21-25H2,1-3H3,(H,41,45). The number of hydrogen-bond acceptors (Lipinski definition) is 6. The fourth-order valence-electron chi connectivity index (χ4n) is 5.66. The molecule has 47 heavy (non-hydrogen) atoms. The van der Waals surface area contributed by atoms with Crippen LogP contribution in [0.15, 0.2) is 96.7 Å². The van der Waals surface area contributed by atoms with E-state index in [1.165, 1.54) is 0 Å². The van der Waals surface area contributed by atoms with E-state index in [-0.39, 0.29) is 11.8 Å². The first-order valence-corrected chi connectivity index (χ1v) is 16.1. The Bertz CT molecular complexity index is 1740. The summed E-state index contributed by atoms with van der Waals surface area (Å²) in [7, 11) is 1.73. The number of piperazine rings is 1. The van der Waals surface area contributed by atoms with E-state index in [0.717, 1.165) is 67.0 Å². The van der Waals surface area contributed by atoms with Gasteiger partial charge in [0.05, 0.1) is 18.0 Å². The summed E-state index contributed by atoms with van der Waals surface area (Å²) in [6.07, 6.45) is 2.25. The van der Waals surface area contributed by atoms with E-state index in [2.05, 4.69) is 21.5 Å². The Labute approximate surface area is 277 Å². The first-order chi connectivity index (χ1) is 22.8. The van der Waals surface area contributed by atoms with Gasteiger partial charge in [-0.3, -0.25) is 9.59 Å². The van der Waals surface area contributed by atoms with Crippen LogP contribution in [0.4, 0.5) is 11.4 Å². The second-order valence-corrected chi connectivity index (χ2v) is 11.9. The normalized spacial score (nSPS) is 12.6. The van der Waals surface area contributed by atoms with Crippen molar-refractivity contribution in [2.24, 2.45) is 0 Å². The minimum Gasteiger partial charge on any atom is -0.491 e. The lowest BCUT2D eigenvalue weighted by atomic mass is 9.98. The maximum absolute atomic E-state index is 13.5. The topological polar surface area (TPSA) is 91.0 Å². The highest BCUT2D eigenvalue weighted by Crippen LogP contribution is 2.31. The monoisotopic (exact) mass is 630 g/mol. The fraction of sp³-hybridized carbons (Fsp3) is 0.282. The number of nitrogens with zero attached hydrogens (tertiary/aromatic N) is 2. The lowest BCUT2D eigenvalue weighted by Gasteiger charge is -2.29. The first kappa shape index (κ1) is 33.2. The van der Waals surface area contributed by atoms with Gasteiger partial charge < -0.3 is 25.2 Å². The van der Waals surface area contributed by atoms with Crippen molar-refractivity contribution in [1.29, 1.82) is 0 Å². The van der Waals surface area contributed by atoms with Gasteiger partial charge in [0.25, 0.3) is 11.8 Å². The Balaban J connectivity index is 1.19. The van der Waals surface area contributed by atoms with Gasteiger partial charge in [-0.05, 0) is 92.3 Å². The van der Waals surface area contributed by atoms with Gasteiger partial charge in [-0.25, -0.2) is 4.79 Å². The molecule has 8 heteroatoms. The van der Waals surface area contributed by atoms with E-state index in [1.807, 2.05) is 80.6 Å². The smallest absolute Gasteiger partial charge is 0.258 e. The molecule has 0 aromatic heterocycles. The number of benzene rings is 4. The molecule has 4 aromatic rings. The number of unbranched alkanes of at least 4 members (excludes halogenated alkanes) is 1. The molecule has 1 fully saturated rings. The van der Waals surface area contributed by atoms with E-state index >= 15 is 0 Å². The van der Waals surface area contributed by atoms with E-state index in [4.69, 9.17) is 4.74 Å². The van der Waals surface area contributed by atoms with Crippen LogP contribution < -0.4 is 20.3 Å². The van der Waals surface area contributed by atoms with Gasteiger partial charge in [0, 0.05) is 50.0 Å². The van der Waals surface area contributed by atoms with Crippen LogP contribution in [0.2, 0.25) is 0 Å². The molecule has 1 aliphatic heterocycles. The van der Waals surface area contributed by atoms with E-state index in [0.29, 0.717) is 41.3 Å². The lowest BCUT2D eigenvalue weighted by molar-refractivity contribution is 0.0990. The van der Waals surface area contributed by atoms with Crippen LogP contribution in [0.5, 0.6) is 5.75 Å². The number of allylic oxidation sites excluding steroid dienone is 1. The van der Waals surface area contributed by atoms with Crippen LogP contribution in [-0.2, 0) is 4.79 Å². The molecule has 2 N–H and O–H groups in total. The molecule has 0 spiro atoms. The zero-order valence-electron chi connectivity index (χ0n) is 27.3. The largest absolute Gasteiger partial charge is 0.491 e. The molecule has 0 aliphatic carbocycles. The zero-order valence-corrected chi connectivity index (χ0v) is 27.3. The first-order valence-electron chi connectivity index (χ1n) is 16.1. The number of anilines is 2. The average molecular weight is 631 g/mol. The summed E-state index contributed by atoms with van der Waals surface area (Å²) in [4.78, 5) is 42.0. The van der Waals surface area contributed by atoms with Gasteiger partial charge >= 0.3 is 0 Å². The molecule has 0 atom stereocenters. The molecule has 0 saturated carbocycles. The second kappa shape index (κ2) is 15.9. The molecule has 242 valence electrons. The van der Waals surface area contributed by atoms with Gasteiger partial charge in [-0.1, -0.05) is 54.1 Å². The molecule has 4 aromatic carbocycles. The van der Waals surface area contributed by atoms with Crippen LogP contribution in [-0.4, -0.2) is 62.5 Å². The fourth-order valence-corrected chi connectivity index (χ4v) is 5.66. The summed E-state index contributed by atoms with van der Waals surface area (Å²) in [5.41, 5.74) is 7.05. The van der Waals surface area contributed by atoms with Crippen molar-refractivity contribution in [3.05, 3.63) is 119 Å². The molecule has 2 amide bonds. The molecular formula is C39H42N4O4. The summed E-state index contributed by atoms with van der Waals surface area (Å²) >= 11 is 0. The van der Waals surface area contributed by atoms with Crippen molar-refractivity contribution in [3.8, 4) is 16.9 Å². The van der Waals surface area contributed by atoms with Crippen molar-refractivity contribution in [3.63, 3.8) is 0 Å². The third-order valence-corrected chi connectivity index (χ3v) is 8.39. The molecule has 0 bridgehead atoms. The predicted octanol–water partition coefficient (Wildman–Crippen LogP) is 6.67. The van der Waals surface area contributed by atoms with Crippen LogP contribution in [0.3, 0.4) is 0 Å². The van der Waals surface area contributed by atoms with Crippen molar-refractivity contribution < 1.29 is 19.1 Å². The molecular weight excluding hydrogens is 588 g/mol. The van der Waals surface area contributed by atoms with E-state index in [9.17, 15) is 14.4 Å². The summed E-state index contributed by atoms with van der Waals surface area (Å²) < 4.78 is 6.17. The van der Waals surface area contributed by atoms with Gasteiger partial charge in [-0.15, -0.1) is 0 Å². The Morgan fingerprint density at radius 1 is 0.894 bits per heavy atom. The molecule has 5 rings (SSSR count). The van der Waals surface area contributed by atoms with Gasteiger partial charge in [0.1, 0.15) is 11.7 Å². The Morgan fingerprint density at radius 3 is 2.32 bits per heavy atom. The molecule has 0 unspecified atom stereocenters. The van der Waals surface area contributed by atoms with Gasteiger partial charge in [0.15, 0.2) is 0 Å². The molecule has 1 aliphatic rings. The van der Waals surface area contributed by atoms with Crippen molar-refractivity contribution in [2.45, 2.75) is 33.1 Å². The third-order valence-electron chi connectivity index (χ3n) is 8.39. The highest BCUT2D eigenvalue weighted by molar-refractivity contribution is 6.09. The molecule has 1 heterocycles. The molecule has 1 saturated heterocycles. The van der Waals surface area contributed by atoms with Crippen LogP contribution in [0.1, 0.15) is 51.1 Å². The number of ether oxygens (including phenoxy) is 1. The van der Waals surface area contributed by atoms with Crippen molar-refractivity contribution in [2.75, 3.05) is 50.1 Å². The SMILES string of the molecule is Cc1ccc(-c2ccccc2C(=O)Nc2ccc(C(=O)N(C)c3ccc(C)cc3OCCCCC(=C=O)N3CCNCC3)cc2)cc1. The summed E-state index contributed by atoms with van der Waals surface area (Å²) in [6, 6.07) is 28.3. The minimum atomic E-state index is -0.221. The number of amides is 2. The summed E-state index contributed by atoms with van der Waals surface area (Å²) in [6.45, 7) is 7.89. The predicted molar refractivity (Wildman–Crippen MR) is 188 cm³/mol. The Hall–Kier alpha value is -5.17. The van der Waals surface area contributed by atoms with Crippen LogP contribution in [0.25, 0.3) is 11.1 Å². The lowest BCUT2D eigenvalue weighted by Crippen LogP contribution is -2.43. The average Bonchev–Trinajstić information content (AvgIpc) is 3.10. The quantitative estimate of drug-likeness (QED) is 0.134. The van der Waals surface area contributed by atoms with Gasteiger partial charge in [-0.2, -0.15) is 0 Å². The van der Waals surface area contributed by atoms with Crippen molar-refractivity contribution in [1.82, 2.24) is 10.2 Å². The van der Waals surface area contributed by atoms with Crippen molar-refractivity contribution >= 4 is 29.1 Å². The number of rotatable bonds is 12. The van der Waals surface area contributed by atoms with Crippen LogP contribution >= 0.6 is 0 Å². The third kappa shape index (κ3) is 8.55. The van der Waals surface area contributed by atoms with Crippen LogP contribution in [0, 0.1) is 13.8 Å². The molecule has 8 nitrogen and oxygen atoms in total. The highest BCUT2D eigenvalue weighted by atomic mass is 16.5. The maximum Gasteiger partial charge on any atom is 0.258 e. The summed E-state index contributed by atoms with van der Waals surface area (Å²) in [5, 5.41) is 6.27. The van der Waals surface area contributed by atoms with E-state index in [1.54, 1.807) is 36.2 Å². The number of hydrogen-bond donors (Lipinski definition) is 2. The maximum atomic E-state index is 13.5. The Kier molecular flexibility index (Phi) is 11.2. The number of aryl methyl sites for hydroxylation is 2. The summed E-state index contributed by atoms with van der Waals surface area (Å²) in [5.74, 6) is 2.34. The Morgan fingerprint density at radius 2 is 1.60 bits per heavy atom. The number of nitrogens with one attached hydrogen (secondary N) is 2.